The van der Waals surface area contributed by atoms with Crippen molar-refractivity contribution in [1.29, 1.82) is 0 Å². The lowest BCUT2D eigenvalue weighted by molar-refractivity contribution is 0.0642. The molecule has 1 heterocycles. The first-order valence-electron chi connectivity index (χ1n) is 5.97. The molecule has 0 bridgehead atoms. The second-order valence-corrected chi connectivity index (χ2v) is 5.26. The number of fused-ring (bicyclic) bond motifs is 1. The van der Waals surface area contributed by atoms with Gasteiger partial charge in [-0.2, -0.15) is 0 Å². The second kappa shape index (κ2) is 4.93. The first kappa shape index (κ1) is 13.2. The number of benzene rings is 2. The first-order valence-corrected chi connectivity index (χ1v) is 6.73. The summed E-state index contributed by atoms with van der Waals surface area (Å²) in [5.41, 5.74) is 1.41. The standard InChI is InChI=1S/C15H9Cl2NO2/c16-12-6-3-7-13(17)11(12)8-18-14(19)9-4-1-2-5-10(9)15(18)20/h1-7H,8H2. The molecule has 0 radical (unpaired) electrons. The van der Waals surface area contributed by atoms with Crippen molar-refractivity contribution in [3.63, 3.8) is 0 Å². The molecule has 1 aliphatic heterocycles. The molecule has 0 saturated carbocycles. The van der Waals surface area contributed by atoms with Crippen LogP contribution in [0.25, 0.3) is 0 Å². The fourth-order valence-electron chi connectivity index (χ4n) is 2.22. The molecule has 0 unspecified atom stereocenters. The van der Waals surface area contributed by atoms with Crippen LogP contribution < -0.4 is 0 Å². The Hall–Kier alpha value is -1.84. The predicted octanol–water partition coefficient (Wildman–Crippen LogP) is 3.79. The largest absolute Gasteiger partial charge is 0.270 e. The van der Waals surface area contributed by atoms with Crippen molar-refractivity contribution < 1.29 is 9.59 Å². The molecule has 0 aliphatic carbocycles. The Balaban J connectivity index is 1.98. The summed E-state index contributed by atoms with van der Waals surface area (Å²) >= 11 is 12.2. The molecule has 2 amide bonds. The van der Waals surface area contributed by atoms with Gasteiger partial charge in [0.2, 0.25) is 0 Å². The molecule has 0 saturated heterocycles. The zero-order valence-electron chi connectivity index (χ0n) is 10.3. The van der Waals surface area contributed by atoms with Gasteiger partial charge in [-0.1, -0.05) is 41.4 Å². The number of halogens is 2. The third-order valence-electron chi connectivity index (χ3n) is 3.26. The van der Waals surface area contributed by atoms with Crippen molar-refractivity contribution in [2.24, 2.45) is 0 Å². The monoisotopic (exact) mass is 305 g/mol. The third-order valence-corrected chi connectivity index (χ3v) is 3.96. The van der Waals surface area contributed by atoms with E-state index in [9.17, 15) is 9.59 Å². The summed E-state index contributed by atoms with van der Waals surface area (Å²) < 4.78 is 0. The molecule has 3 rings (SSSR count). The van der Waals surface area contributed by atoms with Crippen LogP contribution in [0.2, 0.25) is 10.0 Å². The molecule has 100 valence electrons. The maximum absolute atomic E-state index is 12.3. The van der Waals surface area contributed by atoms with Gasteiger partial charge in [-0.05, 0) is 24.3 Å². The van der Waals surface area contributed by atoms with Crippen molar-refractivity contribution in [1.82, 2.24) is 4.90 Å². The average molecular weight is 306 g/mol. The molecule has 5 heteroatoms. The minimum Gasteiger partial charge on any atom is -0.270 e. The number of carbonyl (C=O) groups excluding carboxylic acids is 2. The number of rotatable bonds is 2. The van der Waals surface area contributed by atoms with E-state index < -0.39 is 0 Å². The number of nitrogens with zero attached hydrogens (tertiary/aromatic N) is 1. The Labute approximate surface area is 125 Å². The Kier molecular flexibility index (Phi) is 3.24. The van der Waals surface area contributed by atoms with Crippen molar-refractivity contribution >= 4 is 35.0 Å². The van der Waals surface area contributed by atoms with Crippen LogP contribution in [0.4, 0.5) is 0 Å². The quantitative estimate of drug-likeness (QED) is 0.792. The molecular weight excluding hydrogens is 297 g/mol. The van der Waals surface area contributed by atoms with Crippen molar-refractivity contribution in [3.05, 3.63) is 69.2 Å². The summed E-state index contributed by atoms with van der Waals surface area (Å²) in [5.74, 6) is -0.636. The minimum atomic E-state index is -0.318. The molecule has 0 spiro atoms. The van der Waals surface area contributed by atoms with Gasteiger partial charge in [-0.25, -0.2) is 0 Å². The van der Waals surface area contributed by atoms with Crippen molar-refractivity contribution in [2.75, 3.05) is 0 Å². The fourth-order valence-corrected chi connectivity index (χ4v) is 2.74. The molecular formula is C15H9Cl2NO2. The zero-order valence-corrected chi connectivity index (χ0v) is 11.8. The van der Waals surface area contributed by atoms with Crippen molar-refractivity contribution in [3.8, 4) is 0 Å². The Bertz CT molecular complexity index is 672. The van der Waals surface area contributed by atoms with Crippen LogP contribution >= 0.6 is 23.2 Å². The summed E-state index contributed by atoms with van der Waals surface area (Å²) in [5, 5.41) is 0.878. The lowest BCUT2D eigenvalue weighted by atomic mass is 10.1. The number of carbonyl (C=O) groups is 2. The van der Waals surface area contributed by atoms with Gasteiger partial charge in [-0.15, -0.1) is 0 Å². The zero-order chi connectivity index (χ0) is 14.3. The molecule has 1 aliphatic rings. The Morgan fingerprint density at radius 3 is 1.80 bits per heavy atom. The molecule has 20 heavy (non-hydrogen) atoms. The average Bonchev–Trinajstić information content (AvgIpc) is 2.68. The predicted molar refractivity (Wildman–Crippen MR) is 77.1 cm³/mol. The van der Waals surface area contributed by atoms with E-state index in [1.807, 2.05) is 0 Å². The first-order chi connectivity index (χ1) is 9.59. The summed E-state index contributed by atoms with van der Waals surface area (Å²) in [4.78, 5) is 25.7. The van der Waals surface area contributed by atoms with Gasteiger partial charge in [-0.3, -0.25) is 14.5 Å². The highest BCUT2D eigenvalue weighted by Crippen LogP contribution is 2.29. The van der Waals surface area contributed by atoms with Gasteiger partial charge in [0.05, 0.1) is 17.7 Å². The fraction of sp³-hybridized carbons (Fsp3) is 0.0667. The Morgan fingerprint density at radius 1 is 0.800 bits per heavy atom. The molecule has 0 N–H and O–H groups in total. The highest BCUT2D eigenvalue weighted by atomic mass is 35.5. The summed E-state index contributed by atoms with van der Waals surface area (Å²) in [6.45, 7) is 0.0743. The number of hydrogen-bond acceptors (Lipinski definition) is 2. The number of amides is 2. The maximum atomic E-state index is 12.3. The molecule has 2 aromatic carbocycles. The summed E-state index contributed by atoms with van der Waals surface area (Å²) in [6.07, 6.45) is 0. The van der Waals surface area contributed by atoms with Gasteiger partial charge in [0.25, 0.3) is 11.8 Å². The lowest BCUT2D eigenvalue weighted by Gasteiger charge is -2.15. The lowest BCUT2D eigenvalue weighted by Crippen LogP contribution is -2.29. The summed E-state index contributed by atoms with van der Waals surface area (Å²) in [7, 11) is 0. The minimum absolute atomic E-state index is 0.0743. The van der Waals surface area contributed by atoms with E-state index in [-0.39, 0.29) is 18.4 Å². The highest BCUT2D eigenvalue weighted by molar-refractivity contribution is 6.36. The van der Waals surface area contributed by atoms with Gasteiger partial charge in [0, 0.05) is 15.6 Å². The van der Waals surface area contributed by atoms with Crippen LogP contribution in [-0.2, 0) is 6.54 Å². The van der Waals surface area contributed by atoms with Crippen LogP contribution in [0.1, 0.15) is 26.3 Å². The molecule has 3 nitrogen and oxygen atoms in total. The van der Waals surface area contributed by atoms with E-state index in [2.05, 4.69) is 0 Å². The number of hydrogen-bond donors (Lipinski definition) is 0. The SMILES string of the molecule is O=C1c2ccccc2C(=O)N1Cc1c(Cl)cccc1Cl. The van der Waals surface area contributed by atoms with Crippen LogP contribution in [0, 0.1) is 0 Å². The van der Waals surface area contributed by atoms with Gasteiger partial charge >= 0.3 is 0 Å². The van der Waals surface area contributed by atoms with E-state index >= 15 is 0 Å². The molecule has 2 aromatic rings. The maximum Gasteiger partial charge on any atom is 0.261 e. The summed E-state index contributed by atoms with van der Waals surface area (Å²) in [6, 6.07) is 11.8. The molecule has 0 aromatic heterocycles. The number of imide groups is 1. The van der Waals surface area contributed by atoms with Gasteiger partial charge < -0.3 is 0 Å². The van der Waals surface area contributed by atoms with Crippen LogP contribution in [0.5, 0.6) is 0 Å². The van der Waals surface area contributed by atoms with Crippen LogP contribution in [0.3, 0.4) is 0 Å². The highest BCUT2D eigenvalue weighted by Gasteiger charge is 2.35. The third kappa shape index (κ3) is 1.99. The van der Waals surface area contributed by atoms with E-state index in [0.717, 1.165) is 4.90 Å². The van der Waals surface area contributed by atoms with Crippen LogP contribution in [-0.4, -0.2) is 16.7 Å². The molecule has 0 fully saturated rings. The molecule has 0 atom stereocenters. The smallest absolute Gasteiger partial charge is 0.261 e. The van der Waals surface area contributed by atoms with E-state index in [1.165, 1.54) is 0 Å². The Morgan fingerprint density at radius 2 is 1.30 bits per heavy atom. The van der Waals surface area contributed by atoms with Crippen LogP contribution in [0.15, 0.2) is 42.5 Å². The van der Waals surface area contributed by atoms with Gasteiger partial charge in [0.1, 0.15) is 0 Å². The van der Waals surface area contributed by atoms with Gasteiger partial charge in [0.15, 0.2) is 0 Å². The van der Waals surface area contributed by atoms with E-state index in [0.29, 0.717) is 26.7 Å². The van der Waals surface area contributed by atoms with E-state index in [1.54, 1.807) is 42.5 Å². The second-order valence-electron chi connectivity index (χ2n) is 4.44. The van der Waals surface area contributed by atoms with Crippen molar-refractivity contribution in [2.45, 2.75) is 6.54 Å². The normalized spacial score (nSPS) is 13.8. The van der Waals surface area contributed by atoms with E-state index in [4.69, 9.17) is 23.2 Å². The topological polar surface area (TPSA) is 37.4 Å².